The van der Waals surface area contributed by atoms with E-state index in [1.54, 1.807) is 23.3 Å². The van der Waals surface area contributed by atoms with Gasteiger partial charge in [-0.3, -0.25) is 0 Å². The second-order valence-electron chi connectivity index (χ2n) is 7.26. The van der Waals surface area contributed by atoms with Gasteiger partial charge in [-0.05, 0) is 6.42 Å². The third-order valence-corrected chi connectivity index (χ3v) is 4.56. The smallest absolute Gasteiger partial charge is 0.0442 e. The van der Waals surface area contributed by atoms with Crippen LogP contribution in [0.4, 0.5) is 0 Å². The Kier molecular flexibility index (Phi) is 13.0. The fraction of sp³-hybridized carbons (Fsp3) is 0.111. The Hall–Kier alpha value is -1.44. The zero-order valence-corrected chi connectivity index (χ0v) is 22.8. The molecule has 5 rings (SSSR count). The zero-order chi connectivity index (χ0) is 20.5. The molecule has 0 N–H and O–H groups in total. The summed E-state index contributed by atoms with van der Waals surface area (Å²) >= 11 is 1.74. The van der Waals surface area contributed by atoms with Crippen LogP contribution in [0.1, 0.15) is 11.1 Å². The molecule has 5 aromatic carbocycles. The van der Waals surface area contributed by atoms with Gasteiger partial charge >= 0.3 is 41.9 Å². The first-order valence-corrected chi connectivity index (χ1v) is 16.1. The summed E-state index contributed by atoms with van der Waals surface area (Å²) in [5, 5.41) is 5.38. The Balaban J connectivity index is 0.000000274. The van der Waals surface area contributed by atoms with Gasteiger partial charge in [0.25, 0.3) is 0 Å². The Labute approximate surface area is 213 Å². The van der Waals surface area contributed by atoms with Crippen LogP contribution in [0.2, 0.25) is 13.1 Å². The molecule has 0 fully saturated rings. The topological polar surface area (TPSA) is 0 Å². The molecule has 0 bridgehead atoms. The molecule has 0 aliphatic carbocycles. The van der Waals surface area contributed by atoms with Crippen LogP contribution in [-0.4, -0.2) is 5.43 Å². The van der Waals surface area contributed by atoms with Crippen molar-refractivity contribution >= 4 is 27.0 Å². The summed E-state index contributed by atoms with van der Waals surface area (Å²) in [6.07, 6.45) is 1.02. The molecule has 0 spiro atoms. The predicted octanol–water partition coefficient (Wildman–Crippen LogP) is 1.50. The van der Waals surface area contributed by atoms with Crippen LogP contribution < -0.4 is 24.8 Å². The molecular formula is C27H26Cl2SiZr-2. The number of halogens is 2. The van der Waals surface area contributed by atoms with E-state index in [4.69, 9.17) is 0 Å². The van der Waals surface area contributed by atoms with Crippen LogP contribution >= 0.6 is 0 Å². The summed E-state index contributed by atoms with van der Waals surface area (Å²) in [5.41, 5.74) is 3.00. The Bertz CT molecular complexity index is 1140. The van der Waals surface area contributed by atoms with Gasteiger partial charge < -0.3 is 24.8 Å². The molecule has 5 aromatic rings. The van der Waals surface area contributed by atoms with Crippen LogP contribution in [0.5, 0.6) is 0 Å². The summed E-state index contributed by atoms with van der Waals surface area (Å²) in [6, 6.07) is 38.3. The van der Waals surface area contributed by atoms with Gasteiger partial charge in [0, 0.05) is 0 Å². The molecule has 31 heavy (non-hydrogen) atoms. The second kappa shape index (κ2) is 14.6. The van der Waals surface area contributed by atoms with Gasteiger partial charge in [-0.2, -0.15) is 17.5 Å². The molecule has 0 aliphatic heterocycles. The summed E-state index contributed by atoms with van der Waals surface area (Å²) < 4.78 is 0. The van der Waals surface area contributed by atoms with E-state index in [0.29, 0.717) is 0 Å². The van der Waals surface area contributed by atoms with Crippen molar-refractivity contribution in [1.29, 1.82) is 0 Å². The SMILES string of the molecule is C[Si](C)=[Zr+2].[Cl-].[Cl-].c1ccc(Cc2c[cH-]c3ccccc23)cc1.c1ccc2[cH-]ccc2c1. The normalized spacial score (nSPS) is 9.42. The van der Waals surface area contributed by atoms with Crippen molar-refractivity contribution in [2.45, 2.75) is 19.5 Å². The van der Waals surface area contributed by atoms with Gasteiger partial charge in [0.2, 0.25) is 0 Å². The van der Waals surface area contributed by atoms with Crippen LogP contribution in [0, 0.1) is 0 Å². The van der Waals surface area contributed by atoms with E-state index >= 15 is 0 Å². The first kappa shape index (κ1) is 27.6. The summed E-state index contributed by atoms with van der Waals surface area (Å²) in [6.45, 7) is 4.62. The molecule has 0 radical (unpaired) electrons. The molecule has 0 unspecified atom stereocenters. The van der Waals surface area contributed by atoms with E-state index in [2.05, 4.69) is 122 Å². The van der Waals surface area contributed by atoms with E-state index in [-0.39, 0.29) is 30.2 Å². The molecule has 0 aliphatic rings. The minimum Gasteiger partial charge on any atom is -1.00 e. The predicted molar refractivity (Wildman–Crippen MR) is 126 cm³/mol. The van der Waals surface area contributed by atoms with E-state index in [1.807, 2.05) is 0 Å². The molecule has 0 aromatic heterocycles. The van der Waals surface area contributed by atoms with Crippen LogP contribution in [0.15, 0.2) is 109 Å². The maximum atomic E-state index is 2.31. The molecule has 0 amide bonds. The summed E-state index contributed by atoms with van der Waals surface area (Å²) in [5.74, 6) is 0. The average Bonchev–Trinajstić information content (AvgIpc) is 3.36. The number of benzene rings is 3. The number of fused-ring (bicyclic) bond motifs is 2. The maximum absolute atomic E-state index is 2.31. The summed E-state index contributed by atoms with van der Waals surface area (Å²) in [4.78, 5) is 0. The number of hydrogen-bond acceptors (Lipinski definition) is 0. The van der Waals surface area contributed by atoms with Crippen molar-refractivity contribution in [1.82, 2.24) is 0 Å². The van der Waals surface area contributed by atoms with Crippen LogP contribution in [-0.2, 0) is 29.8 Å². The molecule has 4 heteroatoms. The van der Waals surface area contributed by atoms with Gasteiger partial charge in [-0.15, -0.1) is 76.3 Å². The Morgan fingerprint density at radius 3 is 1.97 bits per heavy atom. The van der Waals surface area contributed by atoms with E-state index in [0.717, 1.165) is 6.42 Å². The molecule has 0 heterocycles. The van der Waals surface area contributed by atoms with Crippen molar-refractivity contribution in [3.8, 4) is 0 Å². The van der Waals surface area contributed by atoms with Crippen molar-refractivity contribution < 1.29 is 48.1 Å². The fourth-order valence-corrected chi connectivity index (χ4v) is 3.25. The van der Waals surface area contributed by atoms with Crippen LogP contribution in [0.25, 0.3) is 21.5 Å². The maximum Gasteiger partial charge on any atom is -0.0442 e. The van der Waals surface area contributed by atoms with Gasteiger partial charge in [0.1, 0.15) is 0 Å². The number of hydrogen-bond donors (Lipinski definition) is 0. The largest absolute Gasteiger partial charge is 1.00 e. The molecule has 158 valence electrons. The average molecular weight is 541 g/mol. The minimum absolute atomic E-state index is 0. The first-order chi connectivity index (χ1) is 14.1. The van der Waals surface area contributed by atoms with Gasteiger partial charge in [0.05, 0.1) is 0 Å². The standard InChI is InChI=1S/C16H13.C9H7.C2H6Si.2ClH.Zr/c1-2-6-13(7-3-1)12-15-11-10-14-8-4-5-9-16(14)15;1-2-5-9-7-3-6-8(9)4-1;1-3-2;;;/h1-11H,12H2;1-7H;1-2H3;2*1H;/q2*-1;;;;+2/p-2. The van der Waals surface area contributed by atoms with Gasteiger partial charge in [-0.25, -0.2) is 0 Å². The van der Waals surface area contributed by atoms with Crippen molar-refractivity contribution in [3.63, 3.8) is 0 Å². The monoisotopic (exact) mass is 538 g/mol. The van der Waals surface area contributed by atoms with E-state index in [1.165, 1.54) is 32.7 Å². The minimum atomic E-state index is 0. The van der Waals surface area contributed by atoms with Crippen molar-refractivity contribution in [2.75, 3.05) is 0 Å². The summed E-state index contributed by atoms with van der Waals surface area (Å²) in [7, 11) is 0. The molecule has 0 saturated carbocycles. The number of rotatable bonds is 2. The molecule has 0 nitrogen and oxygen atoms in total. The molecule has 0 saturated heterocycles. The molecular weight excluding hydrogens is 515 g/mol. The third kappa shape index (κ3) is 8.91. The first-order valence-electron chi connectivity index (χ1n) is 9.93. The van der Waals surface area contributed by atoms with Crippen molar-refractivity contribution in [2.24, 2.45) is 0 Å². The van der Waals surface area contributed by atoms with Gasteiger partial charge in [0.15, 0.2) is 0 Å². The van der Waals surface area contributed by atoms with Crippen LogP contribution in [0.3, 0.4) is 0 Å². The van der Waals surface area contributed by atoms with Crippen molar-refractivity contribution in [3.05, 3.63) is 120 Å². The van der Waals surface area contributed by atoms with E-state index < -0.39 is 0 Å². The fourth-order valence-electron chi connectivity index (χ4n) is 3.25. The Morgan fingerprint density at radius 2 is 1.29 bits per heavy atom. The Morgan fingerprint density at radius 1 is 0.710 bits per heavy atom. The molecule has 0 atom stereocenters. The quantitative estimate of drug-likeness (QED) is 0.235. The van der Waals surface area contributed by atoms with Gasteiger partial charge in [-0.1, -0.05) is 48.0 Å². The third-order valence-electron chi connectivity index (χ3n) is 4.56. The zero-order valence-electron chi connectivity index (χ0n) is 17.9. The second-order valence-corrected chi connectivity index (χ2v) is 16.6. The van der Waals surface area contributed by atoms with E-state index in [9.17, 15) is 0 Å².